The lowest BCUT2D eigenvalue weighted by Crippen LogP contribution is -2.45. The third-order valence-electron chi connectivity index (χ3n) is 3.12. The largest absolute Gasteiger partial charge is 0.372 e. The number of piperidine rings is 1. The topological polar surface area (TPSA) is 41.6 Å². The molecule has 1 fully saturated rings. The number of likely N-dealkylation sites (N-methyl/N-ethyl adjacent to an activating group) is 1. The van der Waals surface area contributed by atoms with Gasteiger partial charge in [0.15, 0.2) is 0 Å². The van der Waals surface area contributed by atoms with E-state index in [4.69, 9.17) is 4.74 Å². The van der Waals surface area contributed by atoms with Gasteiger partial charge in [0, 0.05) is 19.7 Å². The molecule has 0 atom stereocenters. The van der Waals surface area contributed by atoms with Crippen LogP contribution in [0.2, 0.25) is 0 Å². The van der Waals surface area contributed by atoms with Gasteiger partial charge in [0.05, 0.1) is 0 Å². The highest BCUT2D eigenvalue weighted by Crippen LogP contribution is 2.09. The van der Waals surface area contributed by atoms with Crippen LogP contribution >= 0.6 is 0 Å². The van der Waals surface area contributed by atoms with Crippen LogP contribution in [0, 0.1) is 0 Å². The molecule has 94 valence electrons. The summed E-state index contributed by atoms with van der Waals surface area (Å²) in [5.41, 5.74) is 0. The zero-order valence-electron chi connectivity index (χ0n) is 10.5. The normalized spacial score (nSPS) is 17.4. The number of hydrogen-bond acceptors (Lipinski definition) is 3. The molecule has 0 unspecified atom stereocenters. The van der Waals surface area contributed by atoms with Gasteiger partial charge in [0.1, 0.15) is 6.61 Å². The number of ether oxygens (including phenoxy) is 1. The van der Waals surface area contributed by atoms with Crippen molar-refractivity contribution in [3.8, 4) is 0 Å². The minimum absolute atomic E-state index is 0.114. The van der Waals surface area contributed by atoms with Crippen LogP contribution in [0.3, 0.4) is 0 Å². The summed E-state index contributed by atoms with van der Waals surface area (Å²) in [6, 6.07) is 0.392. The number of hydrogen-bond donors (Lipinski definition) is 1. The molecule has 0 aromatic heterocycles. The molecule has 4 nitrogen and oxygen atoms in total. The Labute approximate surface area is 98.3 Å². The number of amides is 1. The molecular weight excluding hydrogens is 204 g/mol. The fourth-order valence-corrected chi connectivity index (χ4v) is 1.91. The average Bonchev–Trinajstić information content (AvgIpc) is 2.34. The number of nitrogens with one attached hydrogen (secondary N) is 1. The van der Waals surface area contributed by atoms with Crippen LogP contribution in [0.5, 0.6) is 0 Å². The molecule has 1 saturated heterocycles. The summed E-state index contributed by atoms with van der Waals surface area (Å²) in [5.74, 6) is 0.114. The van der Waals surface area contributed by atoms with Gasteiger partial charge in [-0.15, -0.1) is 0 Å². The lowest BCUT2D eigenvalue weighted by molar-refractivity contribution is -0.137. The highest BCUT2D eigenvalue weighted by Gasteiger charge is 2.21. The Morgan fingerprint density at radius 2 is 2.12 bits per heavy atom. The van der Waals surface area contributed by atoms with Crippen molar-refractivity contribution in [1.29, 1.82) is 0 Å². The second-order valence-electron chi connectivity index (χ2n) is 4.39. The van der Waals surface area contributed by atoms with Crippen molar-refractivity contribution < 1.29 is 9.53 Å². The molecule has 0 spiro atoms. The predicted molar refractivity (Wildman–Crippen MR) is 64.4 cm³/mol. The second kappa shape index (κ2) is 7.63. The molecule has 0 radical (unpaired) electrons. The maximum Gasteiger partial charge on any atom is 0.248 e. The number of unbranched alkanes of at least 4 members (excludes halogenated alkanes) is 1. The first kappa shape index (κ1) is 13.5. The maximum atomic E-state index is 11.8. The van der Waals surface area contributed by atoms with E-state index < -0.39 is 0 Å². The number of carbonyl (C=O) groups is 1. The van der Waals surface area contributed by atoms with E-state index in [0.29, 0.717) is 12.6 Å². The van der Waals surface area contributed by atoms with Gasteiger partial charge in [-0.1, -0.05) is 13.3 Å². The van der Waals surface area contributed by atoms with Crippen LogP contribution < -0.4 is 5.32 Å². The van der Waals surface area contributed by atoms with Gasteiger partial charge in [-0.3, -0.25) is 4.79 Å². The Kier molecular flexibility index (Phi) is 6.42. The van der Waals surface area contributed by atoms with Crippen molar-refractivity contribution in [2.24, 2.45) is 0 Å². The quantitative estimate of drug-likeness (QED) is 0.690. The van der Waals surface area contributed by atoms with E-state index in [2.05, 4.69) is 12.2 Å². The summed E-state index contributed by atoms with van der Waals surface area (Å²) in [6.45, 7) is 5.08. The van der Waals surface area contributed by atoms with E-state index >= 15 is 0 Å². The molecule has 16 heavy (non-hydrogen) atoms. The third kappa shape index (κ3) is 4.49. The smallest absolute Gasteiger partial charge is 0.248 e. The minimum atomic E-state index is 0.114. The van der Waals surface area contributed by atoms with E-state index in [0.717, 1.165) is 38.8 Å². The van der Waals surface area contributed by atoms with E-state index in [1.54, 1.807) is 0 Å². The molecule has 0 saturated carbocycles. The van der Waals surface area contributed by atoms with E-state index in [9.17, 15) is 4.79 Å². The average molecular weight is 228 g/mol. The summed E-state index contributed by atoms with van der Waals surface area (Å²) in [5, 5.41) is 3.30. The van der Waals surface area contributed by atoms with Crippen LogP contribution in [0.25, 0.3) is 0 Å². The first-order valence-corrected chi connectivity index (χ1v) is 6.29. The van der Waals surface area contributed by atoms with E-state index in [1.807, 2.05) is 11.9 Å². The fraction of sp³-hybridized carbons (Fsp3) is 0.917. The van der Waals surface area contributed by atoms with Gasteiger partial charge < -0.3 is 15.0 Å². The Bertz CT molecular complexity index is 203. The highest BCUT2D eigenvalue weighted by molar-refractivity contribution is 5.77. The minimum Gasteiger partial charge on any atom is -0.372 e. The molecular formula is C12H24N2O2. The van der Waals surface area contributed by atoms with Crippen LogP contribution in [-0.4, -0.2) is 50.2 Å². The Morgan fingerprint density at radius 3 is 2.75 bits per heavy atom. The highest BCUT2D eigenvalue weighted by atomic mass is 16.5. The molecule has 0 aliphatic carbocycles. The lowest BCUT2D eigenvalue weighted by Gasteiger charge is -2.31. The molecule has 1 aliphatic heterocycles. The van der Waals surface area contributed by atoms with Crippen molar-refractivity contribution >= 4 is 5.91 Å². The van der Waals surface area contributed by atoms with E-state index in [-0.39, 0.29) is 12.5 Å². The summed E-state index contributed by atoms with van der Waals surface area (Å²) in [7, 11) is 1.89. The van der Waals surface area contributed by atoms with Crippen LogP contribution in [0.15, 0.2) is 0 Å². The zero-order chi connectivity index (χ0) is 11.8. The van der Waals surface area contributed by atoms with Crippen molar-refractivity contribution in [2.45, 2.75) is 38.6 Å². The van der Waals surface area contributed by atoms with Crippen molar-refractivity contribution in [2.75, 3.05) is 33.4 Å². The lowest BCUT2D eigenvalue weighted by atomic mass is 10.1. The van der Waals surface area contributed by atoms with Crippen LogP contribution in [-0.2, 0) is 9.53 Å². The second-order valence-corrected chi connectivity index (χ2v) is 4.39. The fourth-order valence-electron chi connectivity index (χ4n) is 1.91. The summed E-state index contributed by atoms with van der Waals surface area (Å²) in [4.78, 5) is 13.6. The third-order valence-corrected chi connectivity index (χ3v) is 3.12. The summed E-state index contributed by atoms with van der Waals surface area (Å²) >= 11 is 0. The molecule has 1 aliphatic rings. The van der Waals surface area contributed by atoms with Crippen molar-refractivity contribution in [1.82, 2.24) is 10.2 Å². The number of nitrogens with zero attached hydrogens (tertiary/aromatic N) is 1. The predicted octanol–water partition coefficient (Wildman–Crippen LogP) is 1.01. The Balaban J connectivity index is 2.18. The van der Waals surface area contributed by atoms with Crippen LogP contribution in [0.1, 0.15) is 32.6 Å². The summed E-state index contributed by atoms with van der Waals surface area (Å²) in [6.07, 6.45) is 4.25. The van der Waals surface area contributed by atoms with Gasteiger partial charge in [0.25, 0.3) is 0 Å². The van der Waals surface area contributed by atoms with Crippen LogP contribution in [0.4, 0.5) is 0 Å². The van der Waals surface area contributed by atoms with E-state index in [1.165, 1.54) is 0 Å². The maximum absolute atomic E-state index is 11.8. The number of rotatable bonds is 6. The monoisotopic (exact) mass is 228 g/mol. The Morgan fingerprint density at radius 1 is 1.44 bits per heavy atom. The van der Waals surface area contributed by atoms with Crippen molar-refractivity contribution in [3.05, 3.63) is 0 Å². The van der Waals surface area contributed by atoms with Gasteiger partial charge >= 0.3 is 0 Å². The molecule has 0 aromatic rings. The molecule has 0 aromatic carbocycles. The molecule has 1 N–H and O–H groups in total. The zero-order valence-corrected chi connectivity index (χ0v) is 10.5. The molecule has 1 amide bonds. The van der Waals surface area contributed by atoms with Gasteiger partial charge in [-0.05, 0) is 32.4 Å². The first-order valence-electron chi connectivity index (χ1n) is 6.29. The Hall–Kier alpha value is -0.610. The van der Waals surface area contributed by atoms with Gasteiger partial charge in [-0.2, -0.15) is 0 Å². The molecule has 1 rings (SSSR count). The first-order chi connectivity index (χ1) is 7.75. The van der Waals surface area contributed by atoms with Gasteiger partial charge in [0.2, 0.25) is 5.91 Å². The van der Waals surface area contributed by atoms with Gasteiger partial charge in [-0.25, -0.2) is 0 Å². The standard InChI is InChI=1S/C12H24N2O2/c1-3-4-9-16-10-12(15)14(2)11-5-7-13-8-6-11/h11,13H,3-10H2,1-2H3. The van der Waals surface area contributed by atoms with Crippen molar-refractivity contribution in [3.63, 3.8) is 0 Å². The molecule has 0 bridgehead atoms. The summed E-state index contributed by atoms with van der Waals surface area (Å²) < 4.78 is 5.34. The molecule has 1 heterocycles. The SMILES string of the molecule is CCCCOCC(=O)N(C)C1CCNCC1. The number of carbonyl (C=O) groups excluding carboxylic acids is 1. The molecule has 4 heteroatoms.